The number of aryl methyl sites for hydroxylation is 1. The molecule has 0 spiro atoms. The molecule has 4 N–H and O–H groups in total. The Morgan fingerprint density at radius 2 is 1.48 bits per heavy atom. The first-order valence-corrected chi connectivity index (χ1v) is 15.8. The Bertz CT molecular complexity index is 1580. The molecule has 0 aliphatic heterocycles. The van der Waals surface area contributed by atoms with E-state index in [0.717, 1.165) is 36.5 Å². The molecule has 46 heavy (non-hydrogen) atoms. The van der Waals surface area contributed by atoms with Crippen LogP contribution in [-0.2, 0) is 19.4 Å². The lowest BCUT2D eigenvalue weighted by molar-refractivity contribution is 0.0554. The molecule has 1 aromatic heterocycles. The predicted molar refractivity (Wildman–Crippen MR) is 175 cm³/mol. The number of carbonyl (C=O) groups is 2. The molecule has 1 heterocycles. The number of amides is 2. The van der Waals surface area contributed by atoms with Crippen LogP contribution in [0.25, 0.3) is 11.1 Å². The van der Waals surface area contributed by atoms with Crippen LogP contribution in [0.2, 0.25) is 0 Å². The zero-order valence-corrected chi connectivity index (χ0v) is 26.7. The second-order valence-corrected chi connectivity index (χ2v) is 11.7. The Labute approximate surface area is 269 Å². The highest BCUT2D eigenvalue weighted by Crippen LogP contribution is 2.25. The number of aliphatic hydroxyl groups is 1. The molecule has 0 saturated carbocycles. The molecule has 2 atom stereocenters. The molecule has 244 valence electrons. The zero-order valence-electron chi connectivity index (χ0n) is 26.7. The van der Waals surface area contributed by atoms with Crippen molar-refractivity contribution >= 4 is 11.8 Å². The van der Waals surface area contributed by atoms with Crippen molar-refractivity contribution in [3.05, 3.63) is 113 Å². The van der Waals surface area contributed by atoms with Crippen molar-refractivity contribution in [2.24, 2.45) is 5.73 Å². The fraction of sp³-hybridized carbons (Fsp3) is 0.361. The highest BCUT2D eigenvalue weighted by molar-refractivity contribution is 6.01. The minimum absolute atomic E-state index is 0.00249. The lowest BCUT2D eigenvalue weighted by Gasteiger charge is -2.29. The number of carbonyl (C=O) groups excluding carboxylic acids is 2. The van der Waals surface area contributed by atoms with E-state index in [4.69, 9.17) is 5.73 Å². The third kappa shape index (κ3) is 9.08. The van der Waals surface area contributed by atoms with Crippen LogP contribution in [0.15, 0.2) is 73.1 Å². The maximum Gasteiger partial charge on any atom is 0.254 e. The highest BCUT2D eigenvalue weighted by atomic mass is 19.1. The lowest BCUT2D eigenvalue weighted by atomic mass is 9.98. The summed E-state index contributed by atoms with van der Waals surface area (Å²) in [4.78, 5) is 31.4. The Balaban J connectivity index is 1.70. The van der Waals surface area contributed by atoms with Gasteiger partial charge in [-0.1, -0.05) is 45.0 Å². The summed E-state index contributed by atoms with van der Waals surface area (Å²) in [6.45, 7) is 7.27. The van der Waals surface area contributed by atoms with Gasteiger partial charge >= 0.3 is 0 Å². The van der Waals surface area contributed by atoms with Crippen molar-refractivity contribution in [2.45, 2.75) is 65.1 Å². The van der Waals surface area contributed by atoms with Crippen LogP contribution in [0.1, 0.15) is 71.0 Å². The maximum absolute atomic E-state index is 14.4. The summed E-state index contributed by atoms with van der Waals surface area (Å²) in [5, 5.41) is 18.1. The summed E-state index contributed by atoms with van der Waals surface area (Å²) in [6, 6.07) is 15.1. The molecular weight excluding hydrogens is 588 g/mol. The van der Waals surface area contributed by atoms with Crippen molar-refractivity contribution in [2.75, 3.05) is 19.6 Å². The van der Waals surface area contributed by atoms with Crippen molar-refractivity contribution in [3.8, 4) is 11.1 Å². The lowest BCUT2D eigenvalue weighted by Crippen LogP contribution is -2.46. The zero-order chi connectivity index (χ0) is 33.2. The van der Waals surface area contributed by atoms with Crippen LogP contribution < -0.4 is 5.73 Å². The van der Waals surface area contributed by atoms with Crippen LogP contribution >= 0.6 is 0 Å². The number of aromatic nitrogens is 2. The minimum Gasteiger partial charge on any atom is -0.390 e. The molecule has 3 aromatic carbocycles. The number of hydrogen-bond donors (Lipinski definition) is 3. The number of aliphatic hydroxyl groups excluding tert-OH is 1. The molecule has 4 aromatic rings. The van der Waals surface area contributed by atoms with E-state index in [-0.39, 0.29) is 31.0 Å². The van der Waals surface area contributed by atoms with Gasteiger partial charge < -0.3 is 20.6 Å². The fourth-order valence-electron chi connectivity index (χ4n) is 5.56. The first kappa shape index (κ1) is 34.5. The number of halogens is 2. The first-order chi connectivity index (χ1) is 22.1. The predicted octanol–water partition coefficient (Wildman–Crippen LogP) is 5.75. The van der Waals surface area contributed by atoms with Gasteiger partial charge in [-0.15, -0.1) is 0 Å². The van der Waals surface area contributed by atoms with Crippen molar-refractivity contribution in [1.82, 2.24) is 20.0 Å². The quantitative estimate of drug-likeness (QED) is 0.155. The van der Waals surface area contributed by atoms with Crippen LogP contribution in [0.5, 0.6) is 0 Å². The van der Waals surface area contributed by atoms with E-state index < -0.39 is 29.7 Å². The molecule has 1 unspecified atom stereocenters. The molecule has 0 aliphatic carbocycles. The van der Waals surface area contributed by atoms with Crippen LogP contribution in [0.3, 0.4) is 0 Å². The number of nitrogens with zero attached hydrogens (tertiary/aromatic N) is 3. The first-order valence-electron chi connectivity index (χ1n) is 15.8. The molecule has 8 nitrogen and oxygen atoms in total. The van der Waals surface area contributed by atoms with Gasteiger partial charge in [0.25, 0.3) is 11.8 Å². The Hall–Kier alpha value is -4.41. The number of benzene rings is 3. The van der Waals surface area contributed by atoms with E-state index in [1.165, 1.54) is 17.0 Å². The topological polar surface area (TPSA) is 116 Å². The molecule has 0 saturated heterocycles. The van der Waals surface area contributed by atoms with Gasteiger partial charge in [0.05, 0.1) is 12.3 Å². The average Bonchev–Trinajstić information content (AvgIpc) is 3.58. The van der Waals surface area contributed by atoms with Gasteiger partial charge in [-0.05, 0) is 78.3 Å². The monoisotopic (exact) mass is 631 g/mol. The molecule has 4 rings (SSSR count). The second kappa shape index (κ2) is 16.2. The van der Waals surface area contributed by atoms with Crippen LogP contribution in [0.4, 0.5) is 8.78 Å². The number of aromatic amines is 1. The van der Waals surface area contributed by atoms with E-state index in [1.54, 1.807) is 35.5 Å². The Kier molecular flexibility index (Phi) is 12.2. The van der Waals surface area contributed by atoms with E-state index >= 15 is 0 Å². The van der Waals surface area contributed by atoms with Gasteiger partial charge in [0, 0.05) is 61.2 Å². The minimum atomic E-state index is -1.22. The van der Waals surface area contributed by atoms with Gasteiger partial charge in [-0.25, -0.2) is 8.78 Å². The second-order valence-electron chi connectivity index (χ2n) is 11.7. The third-order valence-electron chi connectivity index (χ3n) is 7.89. The van der Waals surface area contributed by atoms with Gasteiger partial charge in [-0.2, -0.15) is 5.10 Å². The Morgan fingerprint density at radius 3 is 2.07 bits per heavy atom. The number of rotatable bonds is 15. The van der Waals surface area contributed by atoms with Gasteiger partial charge in [-0.3, -0.25) is 14.7 Å². The van der Waals surface area contributed by atoms with Gasteiger partial charge in [0.15, 0.2) is 0 Å². The Morgan fingerprint density at radius 1 is 0.848 bits per heavy atom. The summed E-state index contributed by atoms with van der Waals surface area (Å²) in [6.07, 6.45) is 4.51. The van der Waals surface area contributed by atoms with Crippen molar-refractivity contribution in [1.29, 1.82) is 0 Å². The van der Waals surface area contributed by atoms with Crippen molar-refractivity contribution < 1.29 is 23.5 Å². The SMILES string of the molecule is CCCN(CCC)C(=O)c1cc(C(=O)N(Cc2cccc(CC)c2)C[C@@H](O)C(N)Cc2cc(F)cc(F)c2)cc(-c2cn[nH]c2)c1. The summed E-state index contributed by atoms with van der Waals surface area (Å²) in [5.41, 5.74) is 10.6. The van der Waals surface area contributed by atoms with E-state index in [0.29, 0.717) is 35.3 Å². The number of nitrogens with one attached hydrogen (secondary N) is 1. The third-order valence-corrected chi connectivity index (χ3v) is 7.89. The smallest absolute Gasteiger partial charge is 0.254 e. The average molecular weight is 632 g/mol. The molecule has 2 amide bonds. The van der Waals surface area contributed by atoms with E-state index in [2.05, 4.69) is 10.2 Å². The molecular formula is C36H43F2N5O3. The maximum atomic E-state index is 14.4. The summed E-state index contributed by atoms with van der Waals surface area (Å²) in [7, 11) is 0. The molecule has 0 aliphatic rings. The standard InChI is InChI=1S/C36H43F2N5O3/c1-4-10-42(11-5-2)35(45)28-16-27(30-20-40-41-21-30)17-29(18-28)36(46)43(22-25-9-7-8-24(6-3)12-25)23-34(44)33(39)15-26-13-31(37)19-32(38)14-26/h7-9,12-14,16-21,33-34,44H,4-6,10-11,15,22-23,39H2,1-3H3,(H,40,41)/t33?,34-/m1/s1. The van der Waals surface area contributed by atoms with Crippen LogP contribution in [0, 0.1) is 11.6 Å². The van der Waals surface area contributed by atoms with E-state index in [1.807, 2.05) is 45.0 Å². The van der Waals surface area contributed by atoms with Crippen molar-refractivity contribution in [3.63, 3.8) is 0 Å². The molecule has 10 heteroatoms. The van der Waals surface area contributed by atoms with Gasteiger partial charge in [0.2, 0.25) is 0 Å². The van der Waals surface area contributed by atoms with E-state index in [9.17, 15) is 23.5 Å². The van der Waals surface area contributed by atoms with Gasteiger partial charge in [0.1, 0.15) is 11.6 Å². The summed E-state index contributed by atoms with van der Waals surface area (Å²) >= 11 is 0. The number of nitrogens with two attached hydrogens (primary N) is 1. The summed E-state index contributed by atoms with van der Waals surface area (Å²) in [5.74, 6) is -2.04. The summed E-state index contributed by atoms with van der Waals surface area (Å²) < 4.78 is 27.6. The normalized spacial score (nSPS) is 12.5. The molecule has 0 fully saturated rings. The number of H-pyrrole nitrogens is 1. The molecule has 0 bridgehead atoms. The molecule has 0 radical (unpaired) electrons. The number of hydrogen-bond acceptors (Lipinski definition) is 5. The highest BCUT2D eigenvalue weighted by Gasteiger charge is 2.26. The fourth-order valence-corrected chi connectivity index (χ4v) is 5.56. The largest absolute Gasteiger partial charge is 0.390 e. The van der Waals surface area contributed by atoms with Crippen LogP contribution in [-0.4, -0.2) is 68.7 Å².